The average Bonchev–Trinajstić information content (AvgIpc) is 3.05. The van der Waals surface area contributed by atoms with Crippen molar-refractivity contribution in [3.63, 3.8) is 0 Å². The SMILES string of the molecule is CCCCOC(=O)N1CCN(C(=O)[C@H](CCC(=O)O)NC(=O)c2cc(OCC(=O)N3CCC(O)CC3)c3ccc(C)cc3n2)CC1. The minimum atomic E-state index is -1.15. The van der Waals surface area contributed by atoms with Crippen molar-refractivity contribution < 1.29 is 43.7 Å². The van der Waals surface area contributed by atoms with Crippen molar-refractivity contribution in [1.82, 2.24) is 25.0 Å². The van der Waals surface area contributed by atoms with Crippen LogP contribution in [0.15, 0.2) is 24.3 Å². The van der Waals surface area contributed by atoms with Crippen molar-refractivity contribution in [3.8, 4) is 5.75 Å². The molecule has 0 saturated carbocycles. The van der Waals surface area contributed by atoms with Gasteiger partial charge < -0.3 is 39.7 Å². The molecule has 0 unspecified atom stereocenters. The number of hydrogen-bond acceptors (Lipinski definition) is 9. The molecule has 2 saturated heterocycles. The van der Waals surface area contributed by atoms with Crippen LogP contribution >= 0.6 is 0 Å². The number of carboxylic acids is 1. The number of aliphatic hydroxyl groups is 1. The van der Waals surface area contributed by atoms with Crippen LogP contribution in [-0.4, -0.2) is 124 Å². The van der Waals surface area contributed by atoms with Crippen molar-refractivity contribution in [2.24, 2.45) is 0 Å². The van der Waals surface area contributed by atoms with Gasteiger partial charge in [-0.05, 0) is 50.3 Å². The average molecular weight is 642 g/mol. The van der Waals surface area contributed by atoms with E-state index in [1.807, 2.05) is 19.9 Å². The fraction of sp³-hybridized carbons (Fsp3) is 0.562. The lowest BCUT2D eigenvalue weighted by atomic mass is 10.1. The van der Waals surface area contributed by atoms with Gasteiger partial charge in [-0.3, -0.25) is 19.2 Å². The second-order valence-corrected chi connectivity index (χ2v) is 11.7. The van der Waals surface area contributed by atoms with Gasteiger partial charge in [-0.15, -0.1) is 0 Å². The summed E-state index contributed by atoms with van der Waals surface area (Å²) in [5.41, 5.74) is 1.27. The highest BCUT2D eigenvalue weighted by atomic mass is 16.6. The maximum absolute atomic E-state index is 13.5. The molecular weight excluding hydrogens is 598 g/mol. The second-order valence-electron chi connectivity index (χ2n) is 11.7. The van der Waals surface area contributed by atoms with E-state index >= 15 is 0 Å². The normalized spacial score (nSPS) is 16.2. The van der Waals surface area contributed by atoms with Crippen LogP contribution < -0.4 is 10.1 Å². The highest BCUT2D eigenvalue weighted by molar-refractivity contribution is 5.99. The number of carbonyl (C=O) groups excluding carboxylic acids is 4. The predicted molar refractivity (Wildman–Crippen MR) is 166 cm³/mol. The molecule has 0 spiro atoms. The lowest BCUT2D eigenvalue weighted by Crippen LogP contribution is -2.56. The number of amides is 4. The Balaban J connectivity index is 1.47. The molecule has 4 rings (SSSR count). The Hall–Kier alpha value is -4.46. The zero-order valence-corrected chi connectivity index (χ0v) is 26.4. The lowest BCUT2D eigenvalue weighted by Gasteiger charge is -2.36. The molecule has 0 radical (unpaired) electrons. The summed E-state index contributed by atoms with van der Waals surface area (Å²) < 4.78 is 11.2. The topological polar surface area (TPSA) is 179 Å². The molecule has 14 heteroatoms. The zero-order chi connectivity index (χ0) is 33.2. The van der Waals surface area contributed by atoms with Gasteiger partial charge in [0.05, 0.1) is 18.2 Å². The first kappa shape index (κ1) is 34.4. The fourth-order valence-corrected chi connectivity index (χ4v) is 5.37. The molecule has 46 heavy (non-hydrogen) atoms. The highest BCUT2D eigenvalue weighted by Gasteiger charge is 2.31. The number of fused-ring (bicyclic) bond motifs is 1. The summed E-state index contributed by atoms with van der Waals surface area (Å²) in [6.07, 6.45) is 1.29. The van der Waals surface area contributed by atoms with Crippen LogP contribution in [0.1, 0.15) is 61.5 Å². The summed E-state index contributed by atoms with van der Waals surface area (Å²) in [4.78, 5) is 72.7. The van der Waals surface area contributed by atoms with Crippen molar-refractivity contribution in [2.75, 3.05) is 52.5 Å². The highest BCUT2D eigenvalue weighted by Crippen LogP contribution is 2.27. The molecule has 4 amide bonds. The number of piperidine rings is 1. The third-order valence-corrected chi connectivity index (χ3v) is 8.15. The van der Waals surface area contributed by atoms with Crippen LogP contribution in [0.5, 0.6) is 5.75 Å². The predicted octanol–water partition coefficient (Wildman–Crippen LogP) is 1.95. The van der Waals surface area contributed by atoms with Gasteiger partial charge in [-0.2, -0.15) is 0 Å². The Morgan fingerprint density at radius 1 is 1.00 bits per heavy atom. The van der Waals surface area contributed by atoms with Gasteiger partial charge in [0.2, 0.25) is 5.91 Å². The number of ether oxygens (including phenoxy) is 2. The van der Waals surface area contributed by atoms with Gasteiger partial charge in [-0.1, -0.05) is 19.4 Å². The molecule has 2 fully saturated rings. The number of aliphatic carboxylic acids is 1. The van der Waals surface area contributed by atoms with Crippen molar-refractivity contribution >= 4 is 40.7 Å². The van der Waals surface area contributed by atoms with E-state index in [0.29, 0.717) is 43.4 Å². The number of nitrogens with zero attached hydrogens (tertiary/aromatic N) is 4. The van der Waals surface area contributed by atoms with E-state index in [1.54, 1.807) is 17.0 Å². The Morgan fingerprint density at radius 3 is 2.37 bits per heavy atom. The molecule has 1 aromatic carbocycles. The minimum absolute atomic E-state index is 0.0607. The van der Waals surface area contributed by atoms with Gasteiger partial charge >= 0.3 is 12.1 Å². The van der Waals surface area contributed by atoms with Gasteiger partial charge in [0.15, 0.2) is 6.61 Å². The number of pyridine rings is 1. The van der Waals surface area contributed by atoms with Gasteiger partial charge in [0.1, 0.15) is 17.5 Å². The molecule has 0 bridgehead atoms. The number of aromatic nitrogens is 1. The van der Waals surface area contributed by atoms with Crippen molar-refractivity contribution in [3.05, 3.63) is 35.5 Å². The van der Waals surface area contributed by atoms with Gasteiger partial charge in [0, 0.05) is 57.1 Å². The number of piperazine rings is 1. The number of carboxylic acid groups (broad SMARTS) is 1. The first-order valence-corrected chi connectivity index (χ1v) is 15.8. The van der Waals surface area contributed by atoms with E-state index in [-0.39, 0.29) is 63.0 Å². The summed E-state index contributed by atoms with van der Waals surface area (Å²) in [5, 5.41) is 22.3. The van der Waals surface area contributed by atoms with Gasteiger partial charge in [-0.25, -0.2) is 9.78 Å². The molecule has 14 nitrogen and oxygen atoms in total. The van der Waals surface area contributed by atoms with Crippen LogP contribution in [0.3, 0.4) is 0 Å². The van der Waals surface area contributed by atoms with E-state index in [1.165, 1.54) is 15.9 Å². The van der Waals surface area contributed by atoms with Crippen LogP contribution in [0, 0.1) is 6.92 Å². The largest absolute Gasteiger partial charge is 0.483 e. The maximum Gasteiger partial charge on any atom is 0.409 e. The monoisotopic (exact) mass is 641 g/mol. The second kappa shape index (κ2) is 16.2. The number of hydrogen-bond donors (Lipinski definition) is 3. The molecule has 2 aliphatic heterocycles. The number of carbonyl (C=O) groups is 5. The summed E-state index contributed by atoms with van der Waals surface area (Å²) in [6.45, 7) is 5.68. The lowest BCUT2D eigenvalue weighted by molar-refractivity contribution is -0.138. The number of likely N-dealkylation sites (tertiary alicyclic amines) is 1. The number of aliphatic hydroxyl groups excluding tert-OH is 1. The molecule has 2 aliphatic rings. The summed E-state index contributed by atoms with van der Waals surface area (Å²) in [6, 6.07) is 5.67. The molecule has 250 valence electrons. The third-order valence-electron chi connectivity index (χ3n) is 8.15. The molecule has 3 N–H and O–H groups in total. The molecule has 2 aromatic rings. The molecule has 0 aliphatic carbocycles. The smallest absolute Gasteiger partial charge is 0.409 e. The number of rotatable bonds is 12. The standard InChI is InChI=1S/C32H43N5O9/c1-3-4-17-45-32(44)37-15-13-36(14-16-37)31(43)24(7-8-29(40)41)34-30(42)26-19-27(23-6-5-21(2)18-25(23)33-26)46-20-28(39)35-11-9-22(38)10-12-35/h5-6,18-19,22,24,38H,3-4,7-17,20H2,1-2H3,(H,34,42)(H,40,41)/t24-/m0/s1. The minimum Gasteiger partial charge on any atom is -0.483 e. The van der Waals surface area contributed by atoms with Crippen molar-refractivity contribution in [2.45, 2.75) is 64.5 Å². The molecule has 3 heterocycles. The maximum atomic E-state index is 13.5. The molecule has 1 aromatic heterocycles. The van der Waals surface area contributed by atoms with Crippen LogP contribution in [-0.2, 0) is 19.1 Å². The Labute approximate surface area is 267 Å². The quantitative estimate of drug-likeness (QED) is 0.290. The van der Waals surface area contributed by atoms with E-state index in [2.05, 4.69) is 10.3 Å². The summed E-state index contributed by atoms with van der Waals surface area (Å²) in [7, 11) is 0. The number of nitrogens with one attached hydrogen (secondary N) is 1. The molecular formula is C32H43N5O9. The Bertz CT molecular complexity index is 1420. The van der Waals surface area contributed by atoms with Crippen molar-refractivity contribution in [1.29, 1.82) is 0 Å². The Morgan fingerprint density at radius 2 is 1.70 bits per heavy atom. The zero-order valence-electron chi connectivity index (χ0n) is 26.4. The van der Waals surface area contributed by atoms with Crippen LogP contribution in [0.2, 0.25) is 0 Å². The number of benzene rings is 1. The van der Waals surface area contributed by atoms with E-state index < -0.39 is 36.0 Å². The fourth-order valence-electron chi connectivity index (χ4n) is 5.37. The third kappa shape index (κ3) is 9.28. The first-order valence-electron chi connectivity index (χ1n) is 15.8. The number of unbranched alkanes of at least 4 members (excludes halogenated alkanes) is 1. The van der Waals surface area contributed by atoms with Gasteiger partial charge in [0.25, 0.3) is 11.8 Å². The first-order chi connectivity index (χ1) is 22.0. The summed E-state index contributed by atoms with van der Waals surface area (Å²) in [5.74, 6) is -2.26. The van der Waals surface area contributed by atoms with Crippen LogP contribution in [0.4, 0.5) is 4.79 Å². The van der Waals surface area contributed by atoms with E-state index in [4.69, 9.17) is 9.47 Å². The Kier molecular flexibility index (Phi) is 12.1. The summed E-state index contributed by atoms with van der Waals surface area (Å²) >= 11 is 0. The van der Waals surface area contributed by atoms with E-state index in [0.717, 1.165) is 18.4 Å². The number of aryl methyl sites for hydroxylation is 1. The van der Waals surface area contributed by atoms with E-state index in [9.17, 15) is 34.2 Å². The van der Waals surface area contributed by atoms with Crippen LogP contribution in [0.25, 0.3) is 10.9 Å². The molecule has 1 atom stereocenters.